The minimum Gasteiger partial charge on any atom is -0.508 e. The molecular weight excluding hydrogens is 258 g/mol. The highest BCUT2D eigenvalue weighted by molar-refractivity contribution is 5.95. The molecule has 1 atom stereocenters. The first-order valence-electron chi connectivity index (χ1n) is 6.51. The first-order chi connectivity index (χ1) is 9.47. The number of likely N-dealkylation sites (N-methyl/N-ethyl adjacent to an activating group) is 1. The Hall–Kier alpha value is -2.24. The number of ether oxygens (including phenoxy) is 1. The summed E-state index contributed by atoms with van der Waals surface area (Å²) in [5.41, 5.74) is 0.949. The number of alkyl carbamates (subject to hydrolysis) is 1. The zero-order valence-electron chi connectivity index (χ0n) is 11.8. The largest absolute Gasteiger partial charge is 0.508 e. The van der Waals surface area contributed by atoms with E-state index in [4.69, 9.17) is 4.74 Å². The van der Waals surface area contributed by atoms with Crippen LogP contribution in [0.1, 0.15) is 25.5 Å². The maximum absolute atomic E-state index is 11.6. The van der Waals surface area contributed by atoms with Crippen LogP contribution in [0.4, 0.5) is 4.79 Å². The van der Waals surface area contributed by atoms with E-state index in [1.54, 1.807) is 32.0 Å². The number of carbonyl (C=O) groups excluding carboxylic acids is 1. The number of nitrogens with one attached hydrogen (secondary N) is 1. The number of amides is 1. The average molecular weight is 277 g/mol. The Labute approximate surface area is 118 Å². The fraction of sp³-hybridized carbons (Fsp3) is 0.429. The van der Waals surface area contributed by atoms with Crippen molar-refractivity contribution in [3.63, 3.8) is 0 Å². The summed E-state index contributed by atoms with van der Waals surface area (Å²) in [6.07, 6.45) is -0.689. The number of nitrogens with zero attached hydrogens (tertiary/aromatic N) is 2. The molecule has 0 spiro atoms. The molecule has 6 nitrogen and oxygen atoms in total. The molecule has 0 bridgehead atoms. The molecule has 1 amide bonds. The minimum atomic E-state index is -0.512. The molecule has 20 heavy (non-hydrogen) atoms. The number of hydrogen-bond acceptors (Lipinski definition) is 5. The van der Waals surface area contributed by atoms with Crippen molar-refractivity contribution >= 4 is 12.1 Å². The van der Waals surface area contributed by atoms with Crippen molar-refractivity contribution in [3.8, 4) is 5.75 Å². The zero-order chi connectivity index (χ0) is 14.7. The molecule has 1 aliphatic heterocycles. The van der Waals surface area contributed by atoms with E-state index in [0.29, 0.717) is 12.5 Å². The Morgan fingerprint density at radius 2 is 2.30 bits per heavy atom. The van der Waals surface area contributed by atoms with E-state index in [1.165, 1.54) is 0 Å². The summed E-state index contributed by atoms with van der Waals surface area (Å²) in [7, 11) is 1.84. The number of rotatable bonds is 2. The van der Waals surface area contributed by atoms with E-state index >= 15 is 0 Å². The van der Waals surface area contributed by atoms with Gasteiger partial charge in [0, 0.05) is 7.05 Å². The van der Waals surface area contributed by atoms with Crippen LogP contribution in [0, 0.1) is 0 Å². The topological polar surface area (TPSA) is 74.2 Å². The van der Waals surface area contributed by atoms with Gasteiger partial charge in [-0.3, -0.25) is 10.3 Å². The number of aromatic hydroxyl groups is 1. The first kappa shape index (κ1) is 14.2. The molecule has 2 rings (SSSR count). The SMILES string of the molecule is CC(C)OC(=O)NC1=NCC(c2cccc(O)c2)N1C. The standard InChI is InChI=1S/C14H19N3O3/c1-9(2)20-14(19)16-13-15-8-12(17(13)3)10-5-4-6-11(18)7-10/h4-7,9,12,18H,8H2,1-3H3,(H,15,16,19). The van der Waals surface area contributed by atoms with E-state index in [-0.39, 0.29) is 17.9 Å². The highest BCUT2D eigenvalue weighted by Crippen LogP contribution is 2.26. The number of phenolic OH excluding ortho intramolecular Hbond substituents is 1. The zero-order valence-corrected chi connectivity index (χ0v) is 11.8. The van der Waals surface area contributed by atoms with Crippen LogP contribution >= 0.6 is 0 Å². The van der Waals surface area contributed by atoms with E-state index in [0.717, 1.165) is 5.56 Å². The molecule has 0 aliphatic carbocycles. The second-order valence-electron chi connectivity index (χ2n) is 4.97. The van der Waals surface area contributed by atoms with E-state index < -0.39 is 6.09 Å². The average Bonchev–Trinajstić information content (AvgIpc) is 2.70. The van der Waals surface area contributed by atoms with Gasteiger partial charge in [0.15, 0.2) is 0 Å². The van der Waals surface area contributed by atoms with E-state index in [1.807, 2.05) is 18.0 Å². The molecule has 1 aromatic rings. The third kappa shape index (κ3) is 3.20. The molecule has 1 aliphatic rings. The number of phenols is 1. The third-order valence-electron chi connectivity index (χ3n) is 3.03. The van der Waals surface area contributed by atoms with Gasteiger partial charge in [0.1, 0.15) is 5.75 Å². The second kappa shape index (κ2) is 5.81. The van der Waals surface area contributed by atoms with Crippen LogP contribution < -0.4 is 5.32 Å². The lowest BCUT2D eigenvalue weighted by Gasteiger charge is -2.23. The van der Waals surface area contributed by atoms with Crippen LogP contribution in [0.2, 0.25) is 0 Å². The summed E-state index contributed by atoms with van der Waals surface area (Å²) in [5.74, 6) is 0.695. The lowest BCUT2D eigenvalue weighted by atomic mass is 10.1. The maximum atomic E-state index is 11.6. The van der Waals surface area contributed by atoms with Crippen molar-refractivity contribution in [1.29, 1.82) is 0 Å². The Balaban J connectivity index is 2.01. The Kier molecular flexibility index (Phi) is 4.12. The van der Waals surface area contributed by atoms with Crippen LogP contribution in [0.25, 0.3) is 0 Å². The molecule has 0 radical (unpaired) electrons. The van der Waals surface area contributed by atoms with E-state index in [2.05, 4.69) is 10.3 Å². The van der Waals surface area contributed by atoms with Gasteiger partial charge in [-0.2, -0.15) is 0 Å². The molecule has 1 aromatic carbocycles. The summed E-state index contributed by atoms with van der Waals surface area (Å²) in [5, 5.41) is 12.2. The van der Waals surface area contributed by atoms with Crippen molar-refractivity contribution in [2.24, 2.45) is 4.99 Å². The Morgan fingerprint density at radius 1 is 1.55 bits per heavy atom. The third-order valence-corrected chi connectivity index (χ3v) is 3.03. The number of benzene rings is 1. The number of hydrogen-bond donors (Lipinski definition) is 2. The number of guanidine groups is 1. The van der Waals surface area contributed by atoms with Crippen LogP contribution in [0.5, 0.6) is 5.75 Å². The second-order valence-corrected chi connectivity index (χ2v) is 4.97. The number of carbonyl (C=O) groups is 1. The summed E-state index contributed by atoms with van der Waals surface area (Å²) in [6.45, 7) is 4.10. The molecule has 1 heterocycles. The summed E-state index contributed by atoms with van der Waals surface area (Å²) in [6, 6.07) is 7.03. The lowest BCUT2D eigenvalue weighted by Crippen LogP contribution is -2.41. The molecule has 0 saturated carbocycles. The molecular formula is C14H19N3O3. The number of aliphatic imine (C=N–C) groups is 1. The monoisotopic (exact) mass is 277 g/mol. The van der Waals surface area contributed by atoms with Crippen LogP contribution in [-0.2, 0) is 4.74 Å². The molecule has 2 N–H and O–H groups in total. The predicted molar refractivity (Wildman–Crippen MR) is 75.7 cm³/mol. The Bertz CT molecular complexity index is 528. The fourth-order valence-corrected chi connectivity index (χ4v) is 2.08. The quantitative estimate of drug-likeness (QED) is 0.865. The predicted octanol–water partition coefficient (Wildman–Crippen LogP) is 1.87. The van der Waals surface area contributed by atoms with Gasteiger partial charge < -0.3 is 14.7 Å². The molecule has 0 fully saturated rings. The van der Waals surface area contributed by atoms with Gasteiger partial charge in [-0.25, -0.2) is 4.79 Å². The minimum absolute atomic E-state index is 0.00329. The summed E-state index contributed by atoms with van der Waals surface area (Å²) < 4.78 is 5.02. The van der Waals surface area contributed by atoms with Gasteiger partial charge >= 0.3 is 6.09 Å². The van der Waals surface area contributed by atoms with Crippen molar-refractivity contribution in [2.75, 3.05) is 13.6 Å². The maximum Gasteiger partial charge on any atom is 0.414 e. The lowest BCUT2D eigenvalue weighted by molar-refractivity contribution is 0.119. The molecule has 6 heteroatoms. The molecule has 0 aromatic heterocycles. The summed E-state index contributed by atoms with van der Waals surface area (Å²) in [4.78, 5) is 17.7. The molecule has 108 valence electrons. The van der Waals surface area contributed by atoms with Crippen molar-refractivity contribution in [2.45, 2.75) is 26.0 Å². The highest BCUT2D eigenvalue weighted by Gasteiger charge is 2.27. The van der Waals surface area contributed by atoms with Gasteiger partial charge in [0.2, 0.25) is 5.96 Å². The van der Waals surface area contributed by atoms with Crippen molar-refractivity contribution in [1.82, 2.24) is 10.2 Å². The summed E-state index contributed by atoms with van der Waals surface area (Å²) >= 11 is 0. The fourth-order valence-electron chi connectivity index (χ4n) is 2.08. The van der Waals surface area contributed by atoms with Crippen molar-refractivity contribution in [3.05, 3.63) is 29.8 Å². The van der Waals surface area contributed by atoms with Gasteiger partial charge in [-0.05, 0) is 31.5 Å². The molecule has 0 saturated heterocycles. The van der Waals surface area contributed by atoms with Gasteiger partial charge in [-0.15, -0.1) is 0 Å². The van der Waals surface area contributed by atoms with Crippen LogP contribution in [0.3, 0.4) is 0 Å². The van der Waals surface area contributed by atoms with Crippen molar-refractivity contribution < 1.29 is 14.6 Å². The first-order valence-corrected chi connectivity index (χ1v) is 6.51. The highest BCUT2D eigenvalue weighted by atomic mass is 16.6. The van der Waals surface area contributed by atoms with Gasteiger partial charge in [-0.1, -0.05) is 12.1 Å². The van der Waals surface area contributed by atoms with Crippen LogP contribution in [-0.4, -0.2) is 41.8 Å². The smallest absolute Gasteiger partial charge is 0.414 e. The normalized spacial score (nSPS) is 18.1. The van der Waals surface area contributed by atoms with Gasteiger partial charge in [0.05, 0.1) is 18.7 Å². The Morgan fingerprint density at radius 3 is 2.95 bits per heavy atom. The van der Waals surface area contributed by atoms with Gasteiger partial charge in [0.25, 0.3) is 0 Å². The molecule has 1 unspecified atom stereocenters. The van der Waals surface area contributed by atoms with E-state index in [9.17, 15) is 9.90 Å². The van der Waals surface area contributed by atoms with Crippen LogP contribution in [0.15, 0.2) is 29.3 Å².